The number of urea groups is 1. The van der Waals surface area contributed by atoms with Gasteiger partial charge in [0.2, 0.25) is 0 Å². The van der Waals surface area contributed by atoms with Gasteiger partial charge in [-0.25, -0.2) is 14.8 Å². The van der Waals surface area contributed by atoms with Crippen LogP contribution in [0, 0.1) is 19.3 Å². The van der Waals surface area contributed by atoms with Gasteiger partial charge in [0.15, 0.2) is 5.82 Å². The van der Waals surface area contributed by atoms with Crippen LogP contribution in [-0.2, 0) is 4.74 Å². The highest BCUT2D eigenvalue weighted by molar-refractivity contribution is 5.99. The molecular formula is C22H24N6O3. The van der Waals surface area contributed by atoms with Crippen molar-refractivity contribution in [2.45, 2.75) is 20.8 Å². The maximum absolute atomic E-state index is 12.2. The van der Waals surface area contributed by atoms with Crippen LogP contribution in [0.15, 0.2) is 42.9 Å². The van der Waals surface area contributed by atoms with E-state index in [-0.39, 0.29) is 5.41 Å². The van der Waals surface area contributed by atoms with E-state index < -0.39 is 6.03 Å². The van der Waals surface area contributed by atoms with Crippen molar-refractivity contribution >= 4 is 17.5 Å². The Morgan fingerprint density at radius 1 is 1.06 bits per heavy atom. The highest BCUT2D eigenvalue weighted by Crippen LogP contribution is 2.29. The number of nitrogens with one attached hydrogen (secondary N) is 2. The summed E-state index contributed by atoms with van der Waals surface area (Å²) in [6.07, 6.45) is 4.66. The number of aromatic nitrogens is 4. The molecule has 0 aliphatic carbocycles. The van der Waals surface area contributed by atoms with E-state index in [4.69, 9.17) is 9.47 Å². The molecular weight excluding hydrogens is 396 g/mol. The predicted molar refractivity (Wildman–Crippen MR) is 116 cm³/mol. The lowest BCUT2D eigenvalue weighted by Crippen LogP contribution is -2.44. The molecule has 0 bridgehead atoms. The minimum Gasteiger partial charge on any atom is -0.491 e. The fraction of sp³-hybridized carbons (Fsp3) is 0.318. The van der Waals surface area contributed by atoms with E-state index in [2.05, 4.69) is 37.5 Å². The van der Waals surface area contributed by atoms with Crippen molar-refractivity contribution in [1.82, 2.24) is 19.9 Å². The summed E-state index contributed by atoms with van der Waals surface area (Å²) in [6.45, 7) is 7.90. The molecule has 1 aliphatic rings. The van der Waals surface area contributed by atoms with E-state index in [0.29, 0.717) is 42.7 Å². The molecule has 0 atom stereocenters. The molecule has 4 rings (SSSR count). The standard InChI is InChI=1S/C22H24N6O3/c1-14-4-5-16(8-24-14)26-21(29)28-20-10-23-9-18(27-20)17-6-7-19(15(2)25-17)31-13-22(3)11-30-12-22/h4-10H,11-13H2,1-3H3,(H2,26,27,28,29). The zero-order valence-electron chi connectivity index (χ0n) is 17.7. The van der Waals surface area contributed by atoms with Gasteiger partial charge in [-0.05, 0) is 38.1 Å². The van der Waals surface area contributed by atoms with Crippen LogP contribution >= 0.6 is 0 Å². The number of rotatable bonds is 6. The van der Waals surface area contributed by atoms with E-state index in [1.54, 1.807) is 18.5 Å². The lowest BCUT2D eigenvalue weighted by molar-refractivity contribution is -0.120. The minimum atomic E-state index is -0.432. The summed E-state index contributed by atoms with van der Waals surface area (Å²) >= 11 is 0. The monoisotopic (exact) mass is 420 g/mol. The van der Waals surface area contributed by atoms with Crippen molar-refractivity contribution in [3.05, 3.63) is 54.2 Å². The smallest absolute Gasteiger partial charge is 0.324 e. The molecule has 2 amide bonds. The lowest BCUT2D eigenvalue weighted by Gasteiger charge is -2.37. The van der Waals surface area contributed by atoms with Crippen molar-refractivity contribution in [2.75, 3.05) is 30.5 Å². The summed E-state index contributed by atoms with van der Waals surface area (Å²) in [5, 5.41) is 5.38. The van der Waals surface area contributed by atoms with Gasteiger partial charge in [0.25, 0.3) is 0 Å². The largest absolute Gasteiger partial charge is 0.491 e. The number of anilines is 2. The Morgan fingerprint density at radius 3 is 2.58 bits per heavy atom. The quantitative estimate of drug-likeness (QED) is 0.627. The Kier molecular flexibility index (Phi) is 5.77. The summed E-state index contributed by atoms with van der Waals surface area (Å²) in [5.74, 6) is 1.04. The van der Waals surface area contributed by atoms with E-state index in [0.717, 1.165) is 17.1 Å². The van der Waals surface area contributed by atoms with E-state index >= 15 is 0 Å². The van der Waals surface area contributed by atoms with Crippen molar-refractivity contribution in [3.8, 4) is 17.1 Å². The number of amides is 2. The summed E-state index contributed by atoms with van der Waals surface area (Å²) in [5.41, 5.74) is 3.46. The number of hydrogen-bond acceptors (Lipinski definition) is 7. The second kappa shape index (κ2) is 8.65. The van der Waals surface area contributed by atoms with Gasteiger partial charge in [0.1, 0.15) is 11.4 Å². The molecule has 2 N–H and O–H groups in total. The molecule has 0 unspecified atom stereocenters. The van der Waals surface area contributed by atoms with Crippen molar-refractivity contribution < 1.29 is 14.3 Å². The Morgan fingerprint density at radius 2 is 1.90 bits per heavy atom. The Balaban J connectivity index is 1.41. The number of hydrogen-bond donors (Lipinski definition) is 2. The number of pyridine rings is 2. The van der Waals surface area contributed by atoms with Crippen LogP contribution in [0.4, 0.5) is 16.3 Å². The fourth-order valence-electron chi connectivity index (χ4n) is 3.00. The normalized spacial score (nSPS) is 14.4. The number of ether oxygens (including phenoxy) is 2. The maximum atomic E-state index is 12.2. The number of nitrogens with zero attached hydrogens (tertiary/aromatic N) is 4. The maximum Gasteiger partial charge on any atom is 0.324 e. The lowest BCUT2D eigenvalue weighted by atomic mass is 9.90. The molecule has 3 aromatic rings. The average molecular weight is 420 g/mol. The number of carbonyl (C=O) groups is 1. The summed E-state index contributed by atoms with van der Waals surface area (Å²) in [4.78, 5) is 29.6. The summed E-state index contributed by atoms with van der Waals surface area (Å²) < 4.78 is 11.2. The van der Waals surface area contributed by atoms with Crippen LogP contribution in [0.25, 0.3) is 11.4 Å². The Hall–Kier alpha value is -3.59. The first-order valence-corrected chi connectivity index (χ1v) is 9.91. The van der Waals surface area contributed by atoms with Gasteiger partial charge >= 0.3 is 6.03 Å². The molecule has 3 aromatic heterocycles. The Labute approximate surface area is 180 Å². The second-order valence-corrected chi connectivity index (χ2v) is 7.93. The van der Waals surface area contributed by atoms with Crippen LogP contribution in [-0.4, -0.2) is 45.8 Å². The highest BCUT2D eigenvalue weighted by atomic mass is 16.5. The molecule has 1 fully saturated rings. The van der Waals surface area contributed by atoms with Crippen LogP contribution in [0.1, 0.15) is 18.3 Å². The SMILES string of the molecule is Cc1ccc(NC(=O)Nc2cncc(-c3ccc(OCC4(C)COC4)c(C)n3)n2)cn1. The van der Waals surface area contributed by atoms with E-state index in [9.17, 15) is 4.79 Å². The first-order valence-electron chi connectivity index (χ1n) is 9.91. The Bertz CT molecular complexity index is 1080. The van der Waals surface area contributed by atoms with Gasteiger partial charge in [-0.1, -0.05) is 6.92 Å². The molecule has 1 aliphatic heterocycles. The van der Waals surface area contributed by atoms with Gasteiger partial charge in [0, 0.05) is 11.1 Å². The summed E-state index contributed by atoms with van der Waals surface area (Å²) in [7, 11) is 0. The van der Waals surface area contributed by atoms with Crippen molar-refractivity contribution in [3.63, 3.8) is 0 Å². The zero-order valence-corrected chi connectivity index (χ0v) is 17.7. The van der Waals surface area contributed by atoms with Crippen molar-refractivity contribution in [1.29, 1.82) is 0 Å². The zero-order chi connectivity index (χ0) is 21.8. The summed E-state index contributed by atoms with van der Waals surface area (Å²) in [6, 6.07) is 6.86. The van der Waals surface area contributed by atoms with Gasteiger partial charge < -0.3 is 14.8 Å². The van der Waals surface area contributed by atoms with E-state index in [1.807, 2.05) is 32.0 Å². The van der Waals surface area contributed by atoms with Gasteiger partial charge in [-0.2, -0.15) is 0 Å². The number of aryl methyl sites for hydroxylation is 2. The molecule has 1 saturated heterocycles. The molecule has 31 heavy (non-hydrogen) atoms. The molecule has 0 radical (unpaired) electrons. The van der Waals surface area contributed by atoms with Crippen LogP contribution in [0.5, 0.6) is 5.75 Å². The predicted octanol–water partition coefficient (Wildman–Crippen LogP) is 3.61. The third-order valence-corrected chi connectivity index (χ3v) is 4.82. The molecule has 160 valence electrons. The second-order valence-electron chi connectivity index (χ2n) is 7.93. The molecule has 0 aromatic carbocycles. The molecule has 9 nitrogen and oxygen atoms in total. The molecule has 0 spiro atoms. The van der Waals surface area contributed by atoms with Crippen molar-refractivity contribution in [2.24, 2.45) is 5.41 Å². The first-order chi connectivity index (χ1) is 14.9. The molecule has 0 saturated carbocycles. The fourth-order valence-corrected chi connectivity index (χ4v) is 3.00. The van der Waals surface area contributed by atoms with Gasteiger partial charge in [-0.15, -0.1) is 0 Å². The topological polar surface area (TPSA) is 111 Å². The van der Waals surface area contributed by atoms with Crippen LogP contribution < -0.4 is 15.4 Å². The molecule has 4 heterocycles. The van der Waals surface area contributed by atoms with Gasteiger partial charge in [-0.3, -0.25) is 15.3 Å². The third-order valence-electron chi connectivity index (χ3n) is 4.82. The third kappa shape index (κ3) is 5.13. The van der Waals surface area contributed by atoms with Gasteiger partial charge in [0.05, 0.1) is 55.5 Å². The minimum absolute atomic E-state index is 0.0613. The van der Waals surface area contributed by atoms with E-state index in [1.165, 1.54) is 6.20 Å². The van der Waals surface area contributed by atoms with Crippen LogP contribution in [0.3, 0.4) is 0 Å². The first kappa shape index (κ1) is 20.7. The van der Waals surface area contributed by atoms with Crippen LogP contribution in [0.2, 0.25) is 0 Å². The average Bonchev–Trinajstić information content (AvgIpc) is 2.73. The molecule has 9 heteroatoms. The highest BCUT2D eigenvalue weighted by Gasteiger charge is 2.34. The number of carbonyl (C=O) groups excluding carboxylic acids is 1.